The molecule has 6 heteroatoms. The number of nitrogens with one attached hydrogen (secondary N) is 1. The third-order valence-electron chi connectivity index (χ3n) is 5.34. The molecule has 1 amide bonds. The van der Waals surface area contributed by atoms with Gasteiger partial charge in [0, 0.05) is 12.0 Å². The second kappa shape index (κ2) is 9.78. The molecule has 1 aromatic heterocycles. The highest BCUT2D eigenvalue weighted by atomic mass is 16.4. The fraction of sp³-hybridized carbons (Fsp3) is 0.250. The molecule has 6 nitrogen and oxygen atoms in total. The first-order valence-corrected chi connectivity index (χ1v) is 9.91. The van der Waals surface area contributed by atoms with Crippen LogP contribution in [0.5, 0.6) is 0 Å². The van der Waals surface area contributed by atoms with Gasteiger partial charge in [-0.25, -0.2) is 0 Å². The van der Waals surface area contributed by atoms with Crippen molar-refractivity contribution < 1.29 is 14.7 Å². The molecule has 1 unspecified atom stereocenters. The van der Waals surface area contributed by atoms with Crippen LogP contribution >= 0.6 is 0 Å². The average molecular weight is 403 g/mol. The second-order valence-electron chi connectivity index (χ2n) is 7.46. The summed E-state index contributed by atoms with van der Waals surface area (Å²) in [6.45, 7) is 3.66. The predicted octanol–water partition coefficient (Wildman–Crippen LogP) is 4.16. The smallest absolute Gasteiger partial charge is 0.306 e. The summed E-state index contributed by atoms with van der Waals surface area (Å²) < 4.78 is 0. The maximum Gasteiger partial charge on any atom is 0.306 e. The Morgan fingerprint density at radius 3 is 2.20 bits per heavy atom. The van der Waals surface area contributed by atoms with Crippen molar-refractivity contribution in [3.63, 3.8) is 0 Å². The molecular weight excluding hydrogens is 378 g/mol. The molecule has 30 heavy (non-hydrogen) atoms. The molecule has 0 saturated carbocycles. The van der Waals surface area contributed by atoms with Crippen molar-refractivity contribution in [3.8, 4) is 11.1 Å². The van der Waals surface area contributed by atoms with Crippen LogP contribution in [-0.4, -0.2) is 33.2 Å². The number of carbonyl (C=O) groups is 2. The van der Waals surface area contributed by atoms with Gasteiger partial charge in [0.2, 0.25) is 0 Å². The maximum atomic E-state index is 12.7. The standard InChI is InChI=1S/C24H25N3O3/c1-16(24(29)30)14-22(27-23(28)21-12-13-25-26-15-21)17(2)18-8-10-20(11-9-18)19-6-4-3-5-7-19/h3-13,15-17,22H,14H2,1-2H3,(H,27,28)(H,29,30)/t16-,17+,22?/m1/s1. The Kier molecular flexibility index (Phi) is 6.91. The van der Waals surface area contributed by atoms with Crippen LogP contribution in [0.1, 0.15) is 42.1 Å². The van der Waals surface area contributed by atoms with Crippen LogP contribution in [-0.2, 0) is 4.79 Å². The maximum absolute atomic E-state index is 12.7. The number of nitrogens with zero attached hydrogens (tertiary/aromatic N) is 2. The molecule has 2 aromatic carbocycles. The summed E-state index contributed by atoms with van der Waals surface area (Å²) in [6.07, 6.45) is 3.17. The lowest BCUT2D eigenvalue weighted by Crippen LogP contribution is -2.40. The summed E-state index contributed by atoms with van der Waals surface area (Å²) in [5, 5.41) is 19.8. The van der Waals surface area contributed by atoms with Crippen molar-refractivity contribution in [2.24, 2.45) is 5.92 Å². The molecular formula is C24H25N3O3. The van der Waals surface area contributed by atoms with Crippen LogP contribution in [0.25, 0.3) is 11.1 Å². The van der Waals surface area contributed by atoms with E-state index < -0.39 is 11.9 Å². The molecule has 0 aliphatic rings. The van der Waals surface area contributed by atoms with Gasteiger partial charge >= 0.3 is 5.97 Å². The lowest BCUT2D eigenvalue weighted by Gasteiger charge is -2.27. The van der Waals surface area contributed by atoms with E-state index in [1.165, 1.54) is 12.4 Å². The lowest BCUT2D eigenvalue weighted by atomic mass is 9.86. The summed E-state index contributed by atoms with van der Waals surface area (Å²) in [4.78, 5) is 24.1. The van der Waals surface area contributed by atoms with E-state index in [4.69, 9.17) is 0 Å². The Balaban J connectivity index is 1.81. The highest BCUT2D eigenvalue weighted by Gasteiger charge is 2.26. The van der Waals surface area contributed by atoms with Crippen molar-refractivity contribution in [1.29, 1.82) is 0 Å². The minimum Gasteiger partial charge on any atom is -0.481 e. The number of hydrogen-bond donors (Lipinski definition) is 2. The van der Waals surface area contributed by atoms with Gasteiger partial charge in [0.05, 0.1) is 23.9 Å². The quantitative estimate of drug-likeness (QED) is 0.589. The van der Waals surface area contributed by atoms with Crippen LogP contribution in [0.2, 0.25) is 0 Å². The van der Waals surface area contributed by atoms with E-state index in [0.717, 1.165) is 16.7 Å². The van der Waals surface area contributed by atoms with Crippen LogP contribution < -0.4 is 5.32 Å². The Morgan fingerprint density at radius 2 is 1.60 bits per heavy atom. The molecule has 0 aliphatic heterocycles. The normalized spacial score (nSPS) is 13.8. The topological polar surface area (TPSA) is 92.2 Å². The van der Waals surface area contributed by atoms with E-state index in [-0.39, 0.29) is 17.9 Å². The first kappa shape index (κ1) is 21.2. The molecule has 0 fully saturated rings. The zero-order valence-electron chi connectivity index (χ0n) is 17.0. The Hall–Kier alpha value is -3.54. The third kappa shape index (κ3) is 5.29. The average Bonchev–Trinajstić information content (AvgIpc) is 2.79. The van der Waals surface area contributed by atoms with Crippen LogP contribution in [0.4, 0.5) is 0 Å². The van der Waals surface area contributed by atoms with Gasteiger partial charge in [-0.15, -0.1) is 0 Å². The molecule has 3 rings (SSSR count). The van der Waals surface area contributed by atoms with Gasteiger partial charge < -0.3 is 10.4 Å². The van der Waals surface area contributed by atoms with Crippen molar-refractivity contribution >= 4 is 11.9 Å². The molecule has 1 heterocycles. The molecule has 154 valence electrons. The molecule has 3 aromatic rings. The van der Waals surface area contributed by atoms with Gasteiger partial charge in [-0.05, 0) is 29.2 Å². The van der Waals surface area contributed by atoms with Crippen LogP contribution in [0.15, 0.2) is 73.1 Å². The van der Waals surface area contributed by atoms with Crippen LogP contribution in [0, 0.1) is 5.92 Å². The number of carboxylic acid groups (broad SMARTS) is 1. The number of amides is 1. The summed E-state index contributed by atoms with van der Waals surface area (Å²) >= 11 is 0. The monoisotopic (exact) mass is 403 g/mol. The predicted molar refractivity (Wildman–Crippen MR) is 115 cm³/mol. The number of hydrogen-bond acceptors (Lipinski definition) is 4. The van der Waals surface area contributed by atoms with Crippen molar-refractivity contribution in [3.05, 3.63) is 84.2 Å². The third-order valence-corrected chi connectivity index (χ3v) is 5.34. The summed E-state index contributed by atoms with van der Waals surface area (Å²) in [5.41, 5.74) is 3.66. The first-order valence-electron chi connectivity index (χ1n) is 9.91. The number of benzene rings is 2. The van der Waals surface area contributed by atoms with E-state index in [9.17, 15) is 14.7 Å². The molecule has 0 bridgehead atoms. The van der Waals surface area contributed by atoms with Gasteiger partial charge in [0.15, 0.2) is 0 Å². The Bertz CT molecular complexity index is 976. The van der Waals surface area contributed by atoms with Gasteiger partial charge in [-0.3, -0.25) is 9.59 Å². The molecule has 2 N–H and O–H groups in total. The Morgan fingerprint density at radius 1 is 0.933 bits per heavy atom. The van der Waals surface area contributed by atoms with Crippen molar-refractivity contribution in [2.45, 2.75) is 32.2 Å². The van der Waals surface area contributed by atoms with Gasteiger partial charge in [0.1, 0.15) is 0 Å². The van der Waals surface area contributed by atoms with E-state index in [1.807, 2.05) is 49.4 Å². The van der Waals surface area contributed by atoms with Gasteiger partial charge in [-0.2, -0.15) is 10.2 Å². The highest BCUT2D eigenvalue weighted by molar-refractivity contribution is 5.94. The number of carbonyl (C=O) groups excluding carboxylic acids is 1. The SMILES string of the molecule is C[C@H](CC(NC(=O)c1ccnnc1)[C@@H](C)c1ccc(-c2ccccc2)cc1)C(=O)O. The van der Waals surface area contributed by atoms with E-state index in [1.54, 1.807) is 13.0 Å². The second-order valence-corrected chi connectivity index (χ2v) is 7.46. The molecule has 0 spiro atoms. The fourth-order valence-corrected chi connectivity index (χ4v) is 3.39. The number of carboxylic acids is 1. The fourth-order valence-electron chi connectivity index (χ4n) is 3.39. The lowest BCUT2D eigenvalue weighted by molar-refractivity contribution is -0.141. The number of aromatic nitrogens is 2. The molecule has 0 radical (unpaired) electrons. The van der Waals surface area contributed by atoms with E-state index in [0.29, 0.717) is 12.0 Å². The van der Waals surface area contributed by atoms with Crippen molar-refractivity contribution in [2.75, 3.05) is 0 Å². The minimum atomic E-state index is -0.883. The molecule has 0 saturated heterocycles. The van der Waals surface area contributed by atoms with E-state index >= 15 is 0 Å². The summed E-state index contributed by atoms with van der Waals surface area (Å²) in [7, 11) is 0. The first-order chi connectivity index (χ1) is 14.5. The van der Waals surface area contributed by atoms with Crippen molar-refractivity contribution in [1.82, 2.24) is 15.5 Å². The minimum absolute atomic E-state index is 0.0737. The zero-order chi connectivity index (χ0) is 21.5. The van der Waals surface area contributed by atoms with E-state index in [2.05, 4.69) is 27.6 Å². The van der Waals surface area contributed by atoms with Gasteiger partial charge in [-0.1, -0.05) is 68.4 Å². The summed E-state index contributed by atoms with van der Waals surface area (Å²) in [6, 6.07) is 19.5. The largest absolute Gasteiger partial charge is 0.481 e. The van der Waals surface area contributed by atoms with Crippen LogP contribution in [0.3, 0.4) is 0 Å². The number of rotatable bonds is 8. The zero-order valence-corrected chi connectivity index (χ0v) is 17.0. The summed E-state index contributed by atoms with van der Waals surface area (Å²) in [5.74, 6) is -1.83. The molecule has 0 aliphatic carbocycles. The number of aliphatic carboxylic acids is 1. The highest BCUT2D eigenvalue weighted by Crippen LogP contribution is 2.27. The molecule has 3 atom stereocenters. The Labute approximate surface area is 176 Å². The van der Waals surface area contributed by atoms with Gasteiger partial charge in [0.25, 0.3) is 5.91 Å².